The maximum Gasteiger partial charge on any atom is 0.471 e. The van der Waals surface area contributed by atoms with E-state index in [9.17, 15) is 22.8 Å². The van der Waals surface area contributed by atoms with E-state index in [1.165, 1.54) is 0 Å². The van der Waals surface area contributed by atoms with Crippen molar-refractivity contribution in [3.8, 4) is 0 Å². The Bertz CT molecular complexity index is 200. The highest BCUT2D eigenvalue weighted by Gasteiger charge is 2.51. The van der Waals surface area contributed by atoms with Gasteiger partial charge in [-0.25, -0.2) is 0 Å². The number of hydrogen-bond donors (Lipinski definition) is 0. The number of hydrogen-bond acceptors (Lipinski definition) is 2. The van der Waals surface area contributed by atoms with E-state index in [-0.39, 0.29) is 6.54 Å². The zero-order valence-electron chi connectivity index (χ0n) is 5.26. The first-order valence-corrected chi connectivity index (χ1v) is 2.80. The number of carbonyl (C=O) groups excluding carboxylic acids is 2. The fraction of sp³-hybridized carbons (Fsp3) is 0.600. The smallest absolute Gasteiger partial charge is 0.321 e. The van der Waals surface area contributed by atoms with Crippen LogP contribution < -0.4 is 0 Å². The average molecular weight is 167 g/mol. The van der Waals surface area contributed by atoms with Gasteiger partial charge in [-0.05, 0) is 0 Å². The van der Waals surface area contributed by atoms with Crippen LogP contribution in [0.25, 0.3) is 0 Å². The van der Waals surface area contributed by atoms with Crippen LogP contribution in [-0.4, -0.2) is 35.9 Å². The highest BCUT2D eigenvalue weighted by atomic mass is 19.4. The predicted octanol–water partition coefficient (Wildman–Crippen LogP) is -0.0416. The van der Waals surface area contributed by atoms with E-state index in [2.05, 4.69) is 0 Å². The number of rotatable bonds is 1. The molecular weight excluding hydrogens is 163 g/mol. The molecule has 62 valence electrons. The SMILES string of the molecule is O=C[C@H]1CN1C(=O)C(F)(F)F. The number of amides is 1. The summed E-state index contributed by atoms with van der Waals surface area (Å²) in [7, 11) is 0. The van der Waals surface area contributed by atoms with Crippen molar-refractivity contribution >= 4 is 12.2 Å². The van der Waals surface area contributed by atoms with Gasteiger partial charge >= 0.3 is 12.1 Å². The van der Waals surface area contributed by atoms with Crippen molar-refractivity contribution in [3.05, 3.63) is 0 Å². The van der Waals surface area contributed by atoms with E-state index in [0.29, 0.717) is 11.2 Å². The van der Waals surface area contributed by atoms with Crippen LogP contribution in [-0.2, 0) is 9.59 Å². The summed E-state index contributed by atoms with van der Waals surface area (Å²) in [5, 5.41) is 0. The summed E-state index contributed by atoms with van der Waals surface area (Å²) < 4.78 is 34.6. The van der Waals surface area contributed by atoms with Crippen LogP contribution >= 0.6 is 0 Å². The molecule has 1 aliphatic heterocycles. The van der Waals surface area contributed by atoms with Gasteiger partial charge in [0.1, 0.15) is 12.3 Å². The Kier molecular flexibility index (Phi) is 1.62. The molecule has 0 N–H and O–H groups in total. The van der Waals surface area contributed by atoms with Gasteiger partial charge in [-0.1, -0.05) is 0 Å². The van der Waals surface area contributed by atoms with Crippen LogP contribution in [0.3, 0.4) is 0 Å². The molecule has 1 amide bonds. The number of alkyl halides is 3. The number of halogens is 3. The van der Waals surface area contributed by atoms with E-state index < -0.39 is 18.1 Å². The fourth-order valence-electron chi connectivity index (χ4n) is 0.667. The highest BCUT2D eigenvalue weighted by molar-refractivity contribution is 5.88. The molecule has 0 bridgehead atoms. The number of carbonyl (C=O) groups is 2. The Hall–Kier alpha value is -1.07. The first-order chi connectivity index (χ1) is 4.96. The zero-order valence-corrected chi connectivity index (χ0v) is 5.26. The molecule has 1 atom stereocenters. The first-order valence-electron chi connectivity index (χ1n) is 2.80. The van der Waals surface area contributed by atoms with Crippen molar-refractivity contribution in [1.82, 2.24) is 4.90 Å². The fourth-order valence-corrected chi connectivity index (χ4v) is 0.667. The average Bonchev–Trinajstić information content (AvgIpc) is 2.62. The largest absolute Gasteiger partial charge is 0.471 e. The number of aldehydes is 1. The highest BCUT2D eigenvalue weighted by Crippen LogP contribution is 2.25. The second-order valence-corrected chi connectivity index (χ2v) is 2.16. The van der Waals surface area contributed by atoms with Crippen LogP contribution in [0, 0.1) is 0 Å². The minimum atomic E-state index is -4.85. The summed E-state index contributed by atoms with van der Waals surface area (Å²) in [6.07, 6.45) is -4.53. The van der Waals surface area contributed by atoms with Crippen molar-refractivity contribution in [2.75, 3.05) is 6.54 Å². The van der Waals surface area contributed by atoms with Crippen molar-refractivity contribution in [2.45, 2.75) is 12.2 Å². The summed E-state index contributed by atoms with van der Waals surface area (Å²) >= 11 is 0. The third-order valence-electron chi connectivity index (χ3n) is 1.31. The minimum absolute atomic E-state index is 0.109. The third-order valence-corrected chi connectivity index (χ3v) is 1.31. The van der Waals surface area contributed by atoms with Crippen LogP contribution in [0.1, 0.15) is 0 Å². The van der Waals surface area contributed by atoms with Gasteiger partial charge in [-0.2, -0.15) is 13.2 Å². The standard InChI is InChI=1S/C5H4F3NO2/c6-5(7,8)4(11)9-1-3(9)2-10/h2-3H,1H2/t3-,9?/m1/s1. The van der Waals surface area contributed by atoms with E-state index in [4.69, 9.17) is 0 Å². The molecule has 0 aromatic rings. The maximum atomic E-state index is 11.5. The lowest BCUT2D eigenvalue weighted by molar-refractivity contribution is -0.179. The normalized spacial score (nSPS) is 23.2. The lowest BCUT2D eigenvalue weighted by Crippen LogP contribution is -2.31. The zero-order chi connectivity index (χ0) is 8.65. The molecule has 1 aliphatic rings. The quantitative estimate of drug-likeness (QED) is 0.406. The van der Waals surface area contributed by atoms with Crippen LogP contribution in [0.2, 0.25) is 0 Å². The maximum absolute atomic E-state index is 11.5. The van der Waals surface area contributed by atoms with Gasteiger partial charge in [0.2, 0.25) is 0 Å². The molecule has 0 unspecified atom stereocenters. The molecule has 1 fully saturated rings. The lowest BCUT2D eigenvalue weighted by Gasteiger charge is -2.04. The summed E-state index contributed by atoms with van der Waals surface area (Å²) in [6, 6.07) is -0.857. The summed E-state index contributed by atoms with van der Waals surface area (Å²) in [4.78, 5) is 20.6. The van der Waals surface area contributed by atoms with Gasteiger partial charge in [0.05, 0.1) is 0 Å². The Morgan fingerprint density at radius 1 is 1.55 bits per heavy atom. The first kappa shape index (κ1) is 8.03. The van der Waals surface area contributed by atoms with Crippen LogP contribution in [0.15, 0.2) is 0 Å². The lowest BCUT2D eigenvalue weighted by atomic mass is 10.5. The van der Waals surface area contributed by atoms with Gasteiger partial charge in [0.25, 0.3) is 0 Å². The summed E-state index contributed by atoms with van der Waals surface area (Å²) in [6.45, 7) is -0.109. The molecule has 0 saturated carbocycles. The van der Waals surface area contributed by atoms with Gasteiger partial charge < -0.3 is 9.69 Å². The van der Waals surface area contributed by atoms with E-state index in [1.807, 2.05) is 0 Å². The molecule has 0 radical (unpaired) electrons. The second kappa shape index (κ2) is 2.21. The molecule has 1 saturated heterocycles. The number of nitrogens with zero attached hydrogens (tertiary/aromatic N) is 1. The molecular formula is C5H4F3NO2. The molecule has 1 rings (SSSR count). The molecule has 6 heteroatoms. The second-order valence-electron chi connectivity index (χ2n) is 2.16. The van der Waals surface area contributed by atoms with Gasteiger partial charge in [-0.15, -0.1) is 0 Å². The van der Waals surface area contributed by atoms with E-state index in [0.717, 1.165) is 0 Å². The minimum Gasteiger partial charge on any atom is -0.321 e. The topological polar surface area (TPSA) is 37.1 Å². The molecule has 3 nitrogen and oxygen atoms in total. The molecule has 0 aromatic heterocycles. The summed E-state index contributed by atoms with van der Waals surface area (Å²) in [5.41, 5.74) is 0. The molecule has 11 heavy (non-hydrogen) atoms. The Morgan fingerprint density at radius 3 is 2.36 bits per heavy atom. The van der Waals surface area contributed by atoms with Crippen LogP contribution in [0.4, 0.5) is 13.2 Å². The predicted molar refractivity (Wildman–Crippen MR) is 27.6 cm³/mol. The Morgan fingerprint density at radius 2 is 2.09 bits per heavy atom. The van der Waals surface area contributed by atoms with Gasteiger partial charge in [-0.3, -0.25) is 4.79 Å². The van der Waals surface area contributed by atoms with E-state index >= 15 is 0 Å². The van der Waals surface area contributed by atoms with Gasteiger partial charge in [0.15, 0.2) is 0 Å². The van der Waals surface area contributed by atoms with Crippen molar-refractivity contribution in [1.29, 1.82) is 0 Å². The molecule has 0 spiro atoms. The van der Waals surface area contributed by atoms with Gasteiger partial charge in [0, 0.05) is 6.54 Å². The monoisotopic (exact) mass is 167 g/mol. The molecule has 0 aliphatic carbocycles. The summed E-state index contributed by atoms with van der Waals surface area (Å²) in [5.74, 6) is -1.94. The van der Waals surface area contributed by atoms with Crippen LogP contribution in [0.5, 0.6) is 0 Å². The van der Waals surface area contributed by atoms with Crippen molar-refractivity contribution < 1.29 is 22.8 Å². The Labute approximate surface area is 59.8 Å². The third kappa shape index (κ3) is 1.50. The van der Waals surface area contributed by atoms with E-state index in [1.54, 1.807) is 0 Å². The molecule has 1 heterocycles. The Balaban J connectivity index is 2.52. The van der Waals surface area contributed by atoms with Crippen molar-refractivity contribution in [3.63, 3.8) is 0 Å². The van der Waals surface area contributed by atoms with Crippen molar-refractivity contribution in [2.24, 2.45) is 0 Å². The molecule has 0 aromatic carbocycles.